The predicted octanol–water partition coefficient (Wildman–Crippen LogP) is 6.07. The molecule has 11 heteroatoms. The van der Waals surface area contributed by atoms with E-state index in [1.54, 1.807) is 15.9 Å². The first-order valence-corrected chi connectivity index (χ1v) is 14.0. The van der Waals surface area contributed by atoms with Gasteiger partial charge in [0.15, 0.2) is 0 Å². The van der Waals surface area contributed by atoms with E-state index in [0.29, 0.717) is 29.4 Å². The van der Waals surface area contributed by atoms with E-state index in [4.69, 9.17) is 14.2 Å². The largest absolute Gasteiger partial charge is 0.490 e. The molecule has 10 nitrogen and oxygen atoms in total. The molecule has 1 saturated carbocycles. The normalized spacial score (nSPS) is 20.9. The predicted molar refractivity (Wildman–Crippen MR) is 146 cm³/mol. The number of nitro groups is 1. The number of benzene rings is 2. The first-order chi connectivity index (χ1) is 18.5. The molecule has 0 aromatic heterocycles. The van der Waals surface area contributed by atoms with Crippen LogP contribution in [0, 0.1) is 10.1 Å². The van der Waals surface area contributed by atoms with E-state index in [2.05, 4.69) is 0 Å². The minimum absolute atomic E-state index is 0.0170. The lowest BCUT2D eigenvalue weighted by atomic mass is 9.91. The van der Waals surface area contributed by atoms with Crippen LogP contribution < -0.4 is 9.64 Å². The number of rotatable bonds is 5. The number of nitrogens with zero attached hydrogens (tertiary/aromatic N) is 3. The van der Waals surface area contributed by atoms with Crippen molar-refractivity contribution in [2.45, 2.75) is 87.1 Å². The Morgan fingerprint density at radius 1 is 0.974 bits per heavy atom. The summed E-state index contributed by atoms with van der Waals surface area (Å²) in [6, 6.07) is 10.1. The van der Waals surface area contributed by atoms with Crippen LogP contribution in [-0.4, -0.2) is 58.8 Å². The summed E-state index contributed by atoms with van der Waals surface area (Å²) in [4.78, 5) is 40.4. The Bertz CT molecular complexity index is 1280. The fourth-order valence-electron chi connectivity index (χ4n) is 4.99. The molecule has 0 radical (unpaired) electrons. The van der Waals surface area contributed by atoms with E-state index in [9.17, 15) is 19.7 Å². The quantitative estimate of drug-likeness (QED) is 0.323. The van der Waals surface area contributed by atoms with Gasteiger partial charge in [-0.3, -0.25) is 19.8 Å². The zero-order valence-corrected chi connectivity index (χ0v) is 23.4. The third-order valence-electron chi connectivity index (χ3n) is 6.93. The maximum absolute atomic E-state index is 12.5. The molecule has 2 fully saturated rings. The lowest BCUT2D eigenvalue weighted by molar-refractivity contribution is -0.385. The smallest absolute Gasteiger partial charge is 0.410 e. The number of nitro benzene ring substituents is 1. The van der Waals surface area contributed by atoms with Crippen LogP contribution in [0.4, 0.5) is 21.9 Å². The lowest BCUT2D eigenvalue weighted by Crippen LogP contribution is -2.46. The number of carbonyl (C=O) groups is 2. The molecule has 1 saturated heterocycles. The van der Waals surface area contributed by atoms with Gasteiger partial charge in [0.25, 0.3) is 5.69 Å². The minimum atomic E-state index is -0.500. The van der Waals surface area contributed by atoms with Gasteiger partial charge in [-0.1, -0.05) is 11.8 Å². The molecule has 2 aliphatic heterocycles. The van der Waals surface area contributed by atoms with Crippen molar-refractivity contribution in [2.24, 2.45) is 0 Å². The number of amides is 2. The molecule has 2 amide bonds. The van der Waals surface area contributed by atoms with Crippen LogP contribution >= 0.6 is 11.8 Å². The molecular formula is C28H33N3O7S. The number of carbonyl (C=O) groups excluding carboxylic acids is 2. The zero-order valence-electron chi connectivity index (χ0n) is 22.5. The second-order valence-electron chi connectivity index (χ2n) is 11.1. The van der Waals surface area contributed by atoms with Crippen molar-refractivity contribution in [1.29, 1.82) is 0 Å². The lowest BCUT2D eigenvalue weighted by Gasteiger charge is -2.40. The topological polar surface area (TPSA) is 111 Å². The highest BCUT2D eigenvalue weighted by molar-refractivity contribution is 7.99. The number of hydrogen-bond donors (Lipinski definition) is 0. The second-order valence-corrected chi connectivity index (χ2v) is 12.2. The summed E-state index contributed by atoms with van der Waals surface area (Å²) in [7, 11) is 0. The van der Waals surface area contributed by atoms with Crippen molar-refractivity contribution < 1.29 is 28.7 Å². The molecule has 1 aliphatic carbocycles. The molecule has 2 aromatic rings. The summed E-state index contributed by atoms with van der Waals surface area (Å²) < 4.78 is 17.9. The Labute approximate surface area is 231 Å². The molecule has 0 N–H and O–H groups in total. The molecule has 0 bridgehead atoms. The van der Waals surface area contributed by atoms with E-state index in [0.717, 1.165) is 36.3 Å². The second kappa shape index (κ2) is 10.7. The monoisotopic (exact) mass is 555 g/mol. The molecule has 0 atom stereocenters. The number of likely N-dealkylation sites (tertiary alicyclic amines) is 1. The standard InChI is InChI=1S/C28H33N3O7S/c1-17(32)30-23-7-5-18(31(34)35)13-25(23)39-26-16-20(6-8-24(26)30)37-22-14-21(15-22)36-19-9-11-29(12-10-19)27(33)38-28(2,3)4/h5-8,13,16,19,21-22H,9-12,14-15H2,1-4H3/t21-,22-. The fourth-order valence-corrected chi connectivity index (χ4v) is 6.11. The van der Waals surface area contributed by atoms with Crippen molar-refractivity contribution in [1.82, 2.24) is 4.90 Å². The van der Waals surface area contributed by atoms with E-state index in [1.807, 2.05) is 39.0 Å². The summed E-state index contributed by atoms with van der Waals surface area (Å²) in [6.45, 7) is 8.34. The number of anilines is 2. The maximum Gasteiger partial charge on any atom is 0.410 e. The van der Waals surface area contributed by atoms with Crippen molar-refractivity contribution in [3.05, 3.63) is 46.5 Å². The molecular weight excluding hydrogens is 522 g/mol. The summed E-state index contributed by atoms with van der Waals surface area (Å²) in [5, 5.41) is 11.3. The SMILES string of the molecule is CC(=O)N1c2ccc(O[C@H]3C[C@H](OC4CCN(C(=O)OC(C)(C)C)CC4)C3)cc2Sc2cc([N+](=O)[O-])ccc21. The number of piperidine rings is 1. The molecule has 0 spiro atoms. The van der Waals surface area contributed by atoms with Crippen LogP contribution in [0.1, 0.15) is 53.4 Å². The van der Waals surface area contributed by atoms with Crippen LogP contribution in [0.25, 0.3) is 0 Å². The summed E-state index contributed by atoms with van der Waals surface area (Å²) in [5.74, 6) is 0.518. The first kappa shape index (κ1) is 27.3. The van der Waals surface area contributed by atoms with Gasteiger partial charge in [-0.25, -0.2) is 4.79 Å². The minimum Gasteiger partial charge on any atom is -0.490 e. The number of fused-ring (bicyclic) bond motifs is 2. The van der Waals surface area contributed by atoms with Crippen LogP contribution in [0.3, 0.4) is 0 Å². The van der Waals surface area contributed by atoms with Crippen molar-refractivity contribution in [3.8, 4) is 5.75 Å². The number of hydrogen-bond acceptors (Lipinski definition) is 8. The third-order valence-corrected chi connectivity index (χ3v) is 8.03. The Hall–Kier alpha value is -3.31. The van der Waals surface area contributed by atoms with Gasteiger partial charge in [-0.2, -0.15) is 0 Å². The number of non-ortho nitro benzene ring substituents is 1. The molecule has 2 heterocycles. The van der Waals surface area contributed by atoms with Gasteiger partial charge in [0, 0.05) is 54.8 Å². The van der Waals surface area contributed by atoms with Crippen LogP contribution in [0.5, 0.6) is 5.75 Å². The van der Waals surface area contributed by atoms with E-state index >= 15 is 0 Å². The summed E-state index contributed by atoms with van der Waals surface area (Å²) in [5.41, 5.74) is 0.848. The van der Waals surface area contributed by atoms with Crippen LogP contribution in [0.15, 0.2) is 46.2 Å². The fraction of sp³-hybridized carbons (Fsp3) is 0.500. The van der Waals surface area contributed by atoms with Crippen molar-refractivity contribution in [3.63, 3.8) is 0 Å². The third kappa shape index (κ3) is 6.14. The van der Waals surface area contributed by atoms with Gasteiger partial charge in [0.1, 0.15) is 17.5 Å². The Morgan fingerprint density at radius 2 is 1.62 bits per heavy atom. The Balaban J connectivity index is 1.14. The maximum atomic E-state index is 12.5. The molecule has 208 valence electrons. The summed E-state index contributed by atoms with van der Waals surface area (Å²) in [6.07, 6.45) is 3.15. The molecule has 2 aromatic carbocycles. The Morgan fingerprint density at radius 3 is 2.23 bits per heavy atom. The summed E-state index contributed by atoms with van der Waals surface area (Å²) >= 11 is 1.39. The van der Waals surface area contributed by atoms with E-state index in [1.165, 1.54) is 30.8 Å². The van der Waals surface area contributed by atoms with Gasteiger partial charge in [0.2, 0.25) is 5.91 Å². The molecule has 5 rings (SSSR count). The van der Waals surface area contributed by atoms with E-state index < -0.39 is 10.5 Å². The van der Waals surface area contributed by atoms with Gasteiger partial charge >= 0.3 is 6.09 Å². The Kier molecular flexibility index (Phi) is 7.47. The van der Waals surface area contributed by atoms with Gasteiger partial charge < -0.3 is 19.1 Å². The first-order valence-electron chi connectivity index (χ1n) is 13.2. The van der Waals surface area contributed by atoms with E-state index in [-0.39, 0.29) is 36.0 Å². The van der Waals surface area contributed by atoms with Gasteiger partial charge in [-0.05, 0) is 57.9 Å². The molecule has 39 heavy (non-hydrogen) atoms. The highest BCUT2D eigenvalue weighted by Crippen LogP contribution is 2.50. The molecule has 3 aliphatic rings. The highest BCUT2D eigenvalue weighted by Gasteiger charge is 2.36. The van der Waals surface area contributed by atoms with Gasteiger partial charge in [0.05, 0.1) is 28.5 Å². The molecule has 0 unspecified atom stereocenters. The van der Waals surface area contributed by atoms with Crippen molar-refractivity contribution >= 4 is 40.8 Å². The number of ether oxygens (including phenoxy) is 3. The zero-order chi connectivity index (χ0) is 27.9. The van der Waals surface area contributed by atoms with Crippen molar-refractivity contribution in [2.75, 3.05) is 18.0 Å². The average molecular weight is 556 g/mol. The van der Waals surface area contributed by atoms with Crippen LogP contribution in [-0.2, 0) is 14.3 Å². The highest BCUT2D eigenvalue weighted by atomic mass is 32.2. The van der Waals surface area contributed by atoms with Gasteiger partial charge in [-0.15, -0.1) is 0 Å². The average Bonchev–Trinajstić information content (AvgIpc) is 2.84. The van der Waals surface area contributed by atoms with Crippen LogP contribution in [0.2, 0.25) is 0 Å².